The van der Waals surface area contributed by atoms with Crippen LogP contribution in [0.5, 0.6) is 11.5 Å². The second-order valence-corrected chi connectivity index (χ2v) is 4.43. The Hall–Kier alpha value is -2.20. The molecule has 0 radical (unpaired) electrons. The van der Waals surface area contributed by atoms with E-state index in [1.54, 1.807) is 42.5 Å². The van der Waals surface area contributed by atoms with E-state index in [2.05, 4.69) is 5.32 Å². The van der Waals surface area contributed by atoms with Crippen LogP contribution in [0.15, 0.2) is 42.5 Å². The van der Waals surface area contributed by atoms with Crippen LogP contribution < -0.4 is 15.8 Å². The molecule has 5 heteroatoms. The Morgan fingerprint density at radius 2 is 1.95 bits per heavy atom. The Morgan fingerprint density at radius 3 is 2.58 bits per heavy atom. The zero-order valence-corrected chi connectivity index (χ0v) is 11.1. The fourth-order valence-corrected chi connectivity index (χ4v) is 1.75. The first-order valence-corrected chi connectivity index (χ1v) is 6.03. The van der Waals surface area contributed by atoms with E-state index in [1.807, 2.05) is 0 Å². The zero-order chi connectivity index (χ0) is 13.8. The number of anilines is 2. The van der Waals surface area contributed by atoms with E-state index >= 15 is 0 Å². The highest BCUT2D eigenvalue weighted by Crippen LogP contribution is 2.29. The molecule has 0 heterocycles. The Bertz CT molecular complexity index is 614. The van der Waals surface area contributed by atoms with Crippen LogP contribution >= 0.6 is 11.6 Å². The number of nitrogens with two attached hydrogens (primary N) is 1. The number of rotatable bonds is 3. The van der Waals surface area contributed by atoms with E-state index in [4.69, 9.17) is 22.1 Å². The van der Waals surface area contributed by atoms with E-state index in [0.717, 1.165) is 0 Å². The molecule has 0 saturated carbocycles. The van der Waals surface area contributed by atoms with Gasteiger partial charge in [0.25, 0.3) is 0 Å². The monoisotopic (exact) mass is 276 g/mol. The lowest BCUT2D eigenvalue weighted by molar-refractivity contribution is -0.114. The second kappa shape index (κ2) is 5.63. The van der Waals surface area contributed by atoms with Gasteiger partial charge in [-0.25, -0.2) is 0 Å². The summed E-state index contributed by atoms with van der Waals surface area (Å²) >= 11 is 5.87. The Kier molecular flexibility index (Phi) is 3.92. The third-order valence-electron chi connectivity index (χ3n) is 2.37. The first kappa shape index (κ1) is 13.2. The van der Waals surface area contributed by atoms with Crippen LogP contribution in [0.2, 0.25) is 5.02 Å². The number of nitrogens with one attached hydrogen (secondary N) is 1. The van der Waals surface area contributed by atoms with Gasteiger partial charge in [0.1, 0.15) is 11.5 Å². The predicted molar refractivity (Wildman–Crippen MR) is 76.7 cm³/mol. The summed E-state index contributed by atoms with van der Waals surface area (Å²) in [6, 6.07) is 12.1. The van der Waals surface area contributed by atoms with Crippen LogP contribution in [-0.2, 0) is 4.79 Å². The van der Waals surface area contributed by atoms with Crippen LogP contribution in [0.1, 0.15) is 6.92 Å². The molecule has 0 aliphatic heterocycles. The lowest BCUT2D eigenvalue weighted by Gasteiger charge is -2.10. The summed E-state index contributed by atoms with van der Waals surface area (Å²) in [5.74, 6) is 1.03. The molecular formula is C14H13ClN2O2. The van der Waals surface area contributed by atoms with Crippen molar-refractivity contribution in [3.8, 4) is 11.5 Å². The molecule has 0 atom stereocenters. The van der Waals surface area contributed by atoms with Crippen molar-refractivity contribution in [2.24, 2.45) is 0 Å². The molecular weight excluding hydrogens is 264 g/mol. The van der Waals surface area contributed by atoms with E-state index in [0.29, 0.717) is 27.9 Å². The van der Waals surface area contributed by atoms with Gasteiger partial charge in [-0.3, -0.25) is 4.79 Å². The molecule has 98 valence electrons. The third-order valence-corrected chi connectivity index (χ3v) is 2.60. The molecule has 4 nitrogen and oxygen atoms in total. The van der Waals surface area contributed by atoms with Crippen LogP contribution in [0.3, 0.4) is 0 Å². The van der Waals surface area contributed by atoms with Gasteiger partial charge in [-0.05, 0) is 30.3 Å². The van der Waals surface area contributed by atoms with Gasteiger partial charge in [0.15, 0.2) is 0 Å². The number of hydrogen-bond donors (Lipinski definition) is 2. The van der Waals surface area contributed by atoms with Gasteiger partial charge in [-0.1, -0.05) is 17.7 Å². The number of carbonyl (C=O) groups excluding carboxylic acids is 1. The summed E-state index contributed by atoms with van der Waals surface area (Å²) in [4.78, 5) is 11.0. The molecule has 1 amide bonds. The van der Waals surface area contributed by atoms with Crippen molar-refractivity contribution in [2.45, 2.75) is 6.92 Å². The number of ether oxygens (including phenoxy) is 1. The van der Waals surface area contributed by atoms with Gasteiger partial charge >= 0.3 is 0 Å². The van der Waals surface area contributed by atoms with E-state index in [1.165, 1.54) is 6.92 Å². The highest BCUT2D eigenvalue weighted by atomic mass is 35.5. The largest absolute Gasteiger partial charge is 0.457 e. The van der Waals surface area contributed by atoms with Crippen LogP contribution in [0.4, 0.5) is 11.4 Å². The minimum absolute atomic E-state index is 0.171. The number of benzene rings is 2. The smallest absolute Gasteiger partial charge is 0.221 e. The van der Waals surface area contributed by atoms with Gasteiger partial charge in [0.2, 0.25) is 5.91 Å². The summed E-state index contributed by atoms with van der Waals surface area (Å²) in [5.41, 5.74) is 6.83. The fourth-order valence-electron chi connectivity index (χ4n) is 1.57. The Labute approximate surface area is 116 Å². The zero-order valence-electron chi connectivity index (χ0n) is 10.3. The molecule has 0 aliphatic rings. The maximum atomic E-state index is 11.0. The first-order valence-electron chi connectivity index (χ1n) is 5.65. The predicted octanol–water partition coefficient (Wildman–Crippen LogP) is 3.67. The second-order valence-electron chi connectivity index (χ2n) is 3.99. The molecule has 3 N–H and O–H groups in total. The van der Waals surface area contributed by atoms with Gasteiger partial charge in [0.05, 0.1) is 11.4 Å². The van der Waals surface area contributed by atoms with Crippen LogP contribution in [0, 0.1) is 0 Å². The van der Waals surface area contributed by atoms with E-state index < -0.39 is 0 Å². The van der Waals surface area contributed by atoms with Gasteiger partial charge in [-0.15, -0.1) is 0 Å². The molecule has 0 aromatic heterocycles. The minimum atomic E-state index is -0.171. The maximum absolute atomic E-state index is 11.0. The SMILES string of the molecule is CC(=O)Nc1ccc(Oc2cccc(Cl)c2)cc1N. The molecule has 0 unspecified atom stereocenters. The van der Waals surface area contributed by atoms with Crippen LogP contribution in [-0.4, -0.2) is 5.91 Å². The average molecular weight is 277 g/mol. The van der Waals surface area contributed by atoms with Crippen molar-refractivity contribution >= 4 is 28.9 Å². The number of hydrogen-bond acceptors (Lipinski definition) is 3. The minimum Gasteiger partial charge on any atom is -0.457 e. The van der Waals surface area contributed by atoms with Crippen molar-refractivity contribution in [1.82, 2.24) is 0 Å². The molecule has 2 aromatic carbocycles. The summed E-state index contributed by atoms with van der Waals surface area (Å²) in [5, 5.41) is 3.23. The first-order chi connectivity index (χ1) is 9.04. The third kappa shape index (κ3) is 3.63. The standard InChI is InChI=1S/C14H13ClN2O2/c1-9(18)17-14-6-5-12(8-13(14)16)19-11-4-2-3-10(15)7-11/h2-8H,16H2,1H3,(H,17,18). The Morgan fingerprint density at radius 1 is 1.21 bits per heavy atom. The summed E-state index contributed by atoms with van der Waals surface area (Å²) in [7, 11) is 0. The highest BCUT2D eigenvalue weighted by molar-refractivity contribution is 6.30. The van der Waals surface area contributed by atoms with Gasteiger partial charge in [0, 0.05) is 18.0 Å². The molecule has 2 rings (SSSR count). The van der Waals surface area contributed by atoms with Gasteiger partial charge in [-0.2, -0.15) is 0 Å². The number of carbonyl (C=O) groups is 1. The lowest BCUT2D eigenvalue weighted by Crippen LogP contribution is -2.07. The van der Waals surface area contributed by atoms with Crippen molar-refractivity contribution in [1.29, 1.82) is 0 Å². The summed E-state index contributed by atoms with van der Waals surface area (Å²) in [6.07, 6.45) is 0. The Balaban J connectivity index is 2.18. The fraction of sp³-hybridized carbons (Fsp3) is 0.0714. The molecule has 0 bridgehead atoms. The number of amides is 1. The molecule has 2 aromatic rings. The van der Waals surface area contributed by atoms with E-state index in [-0.39, 0.29) is 5.91 Å². The van der Waals surface area contributed by atoms with Crippen molar-refractivity contribution in [2.75, 3.05) is 11.1 Å². The molecule has 0 aliphatic carbocycles. The number of halogens is 1. The topological polar surface area (TPSA) is 64.3 Å². The highest BCUT2D eigenvalue weighted by Gasteiger charge is 2.04. The summed E-state index contributed by atoms with van der Waals surface area (Å²) < 4.78 is 5.62. The van der Waals surface area contributed by atoms with Crippen molar-refractivity contribution in [3.05, 3.63) is 47.5 Å². The summed E-state index contributed by atoms with van der Waals surface area (Å²) in [6.45, 7) is 1.43. The average Bonchev–Trinajstić information content (AvgIpc) is 2.32. The van der Waals surface area contributed by atoms with Crippen molar-refractivity contribution < 1.29 is 9.53 Å². The maximum Gasteiger partial charge on any atom is 0.221 e. The normalized spacial score (nSPS) is 10.0. The lowest BCUT2D eigenvalue weighted by atomic mass is 10.2. The number of nitrogen functional groups attached to an aromatic ring is 1. The molecule has 0 spiro atoms. The van der Waals surface area contributed by atoms with Gasteiger partial charge < -0.3 is 15.8 Å². The van der Waals surface area contributed by atoms with Crippen molar-refractivity contribution in [3.63, 3.8) is 0 Å². The van der Waals surface area contributed by atoms with Crippen LogP contribution in [0.25, 0.3) is 0 Å². The quantitative estimate of drug-likeness (QED) is 0.841. The molecule has 0 fully saturated rings. The molecule has 0 saturated heterocycles. The van der Waals surface area contributed by atoms with E-state index in [9.17, 15) is 4.79 Å². The molecule has 19 heavy (non-hydrogen) atoms.